The number of hydrogen-bond donors (Lipinski definition) is 2. The molecule has 1 amide bonds. The van der Waals surface area contributed by atoms with E-state index in [0.717, 1.165) is 0 Å². The minimum Gasteiger partial charge on any atom is -0.495 e. The predicted octanol–water partition coefficient (Wildman–Crippen LogP) is 0.415. The minimum absolute atomic E-state index is 0.202. The van der Waals surface area contributed by atoms with Gasteiger partial charge < -0.3 is 19.9 Å². The van der Waals surface area contributed by atoms with E-state index in [0.29, 0.717) is 30.0 Å². The fraction of sp³-hybridized carbons (Fsp3) is 0.357. The van der Waals surface area contributed by atoms with E-state index in [1.54, 1.807) is 25.3 Å². The molecule has 0 spiro atoms. The molecular formula is C14H17NO4. The molecule has 0 atom stereocenters. The van der Waals surface area contributed by atoms with Crippen molar-refractivity contribution in [3.63, 3.8) is 0 Å². The first-order valence-electron chi connectivity index (χ1n) is 5.77. The van der Waals surface area contributed by atoms with E-state index in [2.05, 4.69) is 17.2 Å². The third-order valence-corrected chi connectivity index (χ3v) is 2.36. The molecule has 102 valence electrons. The first-order valence-corrected chi connectivity index (χ1v) is 5.77. The van der Waals surface area contributed by atoms with Crippen LogP contribution in [0.4, 0.5) is 0 Å². The van der Waals surface area contributed by atoms with Gasteiger partial charge in [0, 0.05) is 19.2 Å². The van der Waals surface area contributed by atoms with Crippen molar-refractivity contribution in [2.75, 3.05) is 34.0 Å². The molecule has 2 N–H and O–H groups in total. The first-order chi connectivity index (χ1) is 9.22. The van der Waals surface area contributed by atoms with Crippen LogP contribution in [-0.2, 0) is 4.74 Å². The summed E-state index contributed by atoms with van der Waals surface area (Å²) in [4.78, 5) is 11.8. The summed E-state index contributed by atoms with van der Waals surface area (Å²) < 4.78 is 10.00. The number of carbonyl (C=O) groups is 1. The number of ether oxygens (including phenoxy) is 2. The molecule has 0 heterocycles. The van der Waals surface area contributed by atoms with E-state index >= 15 is 0 Å². The van der Waals surface area contributed by atoms with Gasteiger partial charge in [-0.3, -0.25) is 4.79 Å². The Hall–Kier alpha value is -2.03. The highest BCUT2D eigenvalue weighted by molar-refractivity contribution is 5.94. The molecule has 1 rings (SSSR count). The molecule has 5 heteroatoms. The number of amides is 1. The maximum atomic E-state index is 11.8. The van der Waals surface area contributed by atoms with E-state index in [1.165, 1.54) is 7.11 Å². The summed E-state index contributed by atoms with van der Waals surface area (Å²) in [5, 5.41) is 11.4. The molecule has 0 aliphatic rings. The van der Waals surface area contributed by atoms with Gasteiger partial charge in [0.05, 0.1) is 19.3 Å². The van der Waals surface area contributed by atoms with Crippen LogP contribution in [0.3, 0.4) is 0 Å². The van der Waals surface area contributed by atoms with Crippen LogP contribution in [-0.4, -0.2) is 45.0 Å². The molecule has 0 saturated heterocycles. The summed E-state index contributed by atoms with van der Waals surface area (Å²) in [6, 6.07) is 4.96. The Balaban J connectivity index is 2.88. The number of carbonyl (C=O) groups excluding carboxylic acids is 1. The van der Waals surface area contributed by atoms with Crippen LogP contribution < -0.4 is 10.1 Å². The van der Waals surface area contributed by atoms with Gasteiger partial charge in [0.2, 0.25) is 0 Å². The molecule has 0 fully saturated rings. The monoisotopic (exact) mass is 263 g/mol. The minimum atomic E-state index is -0.243. The van der Waals surface area contributed by atoms with E-state index in [-0.39, 0.29) is 12.5 Å². The average Bonchev–Trinajstić information content (AvgIpc) is 2.44. The molecule has 19 heavy (non-hydrogen) atoms. The van der Waals surface area contributed by atoms with Crippen molar-refractivity contribution in [3.05, 3.63) is 29.3 Å². The van der Waals surface area contributed by atoms with E-state index in [4.69, 9.17) is 14.6 Å². The fourth-order valence-corrected chi connectivity index (χ4v) is 1.45. The number of rotatable bonds is 5. The average molecular weight is 263 g/mol. The van der Waals surface area contributed by atoms with Gasteiger partial charge in [-0.15, -0.1) is 0 Å². The van der Waals surface area contributed by atoms with Crippen molar-refractivity contribution < 1.29 is 19.4 Å². The van der Waals surface area contributed by atoms with Crippen LogP contribution in [0, 0.1) is 11.8 Å². The third-order valence-electron chi connectivity index (χ3n) is 2.36. The van der Waals surface area contributed by atoms with Crippen molar-refractivity contribution >= 4 is 5.91 Å². The van der Waals surface area contributed by atoms with Gasteiger partial charge in [0.25, 0.3) is 5.91 Å². The van der Waals surface area contributed by atoms with E-state index in [1.807, 2.05) is 0 Å². The SMILES string of the molecule is COCCNC(=O)c1ccc(OC)c(C#CCO)c1. The normalized spacial score (nSPS) is 9.42. The Morgan fingerprint density at radius 2 is 2.21 bits per heavy atom. The lowest BCUT2D eigenvalue weighted by molar-refractivity contribution is 0.0937. The summed E-state index contributed by atoms with van der Waals surface area (Å²) in [6.07, 6.45) is 0. The molecule has 5 nitrogen and oxygen atoms in total. The Bertz CT molecular complexity index is 488. The standard InChI is InChI=1S/C14H17NO4/c1-18-9-7-15-14(17)12-5-6-13(19-2)11(10-12)4-3-8-16/h5-6,10,16H,7-9H2,1-2H3,(H,15,17). The van der Waals surface area contributed by atoms with Crippen LogP contribution in [0.25, 0.3) is 0 Å². The zero-order valence-electron chi connectivity index (χ0n) is 11.0. The van der Waals surface area contributed by atoms with Crippen LogP contribution in [0.15, 0.2) is 18.2 Å². The number of aliphatic hydroxyl groups excluding tert-OH is 1. The topological polar surface area (TPSA) is 67.8 Å². The molecule has 0 aliphatic heterocycles. The second-order valence-electron chi connectivity index (χ2n) is 3.62. The Kier molecular flexibility index (Phi) is 6.44. The third kappa shape index (κ3) is 4.62. The molecule has 1 aromatic carbocycles. The maximum absolute atomic E-state index is 11.8. The smallest absolute Gasteiger partial charge is 0.251 e. The molecule has 0 bridgehead atoms. The molecule has 0 aliphatic carbocycles. The molecule has 0 saturated carbocycles. The molecule has 0 aromatic heterocycles. The highest BCUT2D eigenvalue weighted by atomic mass is 16.5. The number of aliphatic hydroxyl groups is 1. The zero-order chi connectivity index (χ0) is 14.1. The van der Waals surface area contributed by atoms with E-state index in [9.17, 15) is 4.79 Å². The Labute approximate surface area is 112 Å². The number of methoxy groups -OCH3 is 2. The van der Waals surface area contributed by atoms with Gasteiger partial charge in [-0.2, -0.15) is 0 Å². The van der Waals surface area contributed by atoms with Gasteiger partial charge in [-0.25, -0.2) is 0 Å². The second kappa shape index (κ2) is 8.14. The number of benzene rings is 1. The predicted molar refractivity (Wildman–Crippen MR) is 71.2 cm³/mol. The van der Waals surface area contributed by atoms with Gasteiger partial charge in [0.1, 0.15) is 12.4 Å². The van der Waals surface area contributed by atoms with Gasteiger partial charge in [0.15, 0.2) is 0 Å². The van der Waals surface area contributed by atoms with Crippen molar-refractivity contribution in [3.8, 4) is 17.6 Å². The van der Waals surface area contributed by atoms with Crippen LogP contribution >= 0.6 is 0 Å². The lowest BCUT2D eigenvalue weighted by Crippen LogP contribution is -2.26. The van der Waals surface area contributed by atoms with Crippen LogP contribution in [0.1, 0.15) is 15.9 Å². The maximum Gasteiger partial charge on any atom is 0.251 e. The number of hydrogen-bond acceptors (Lipinski definition) is 4. The highest BCUT2D eigenvalue weighted by Crippen LogP contribution is 2.18. The molecule has 1 aromatic rings. The second-order valence-corrected chi connectivity index (χ2v) is 3.62. The summed E-state index contributed by atoms with van der Waals surface area (Å²) in [7, 11) is 3.10. The first kappa shape index (κ1) is 15.0. The van der Waals surface area contributed by atoms with E-state index < -0.39 is 0 Å². The summed E-state index contributed by atoms with van der Waals surface area (Å²) >= 11 is 0. The fourth-order valence-electron chi connectivity index (χ4n) is 1.45. The Morgan fingerprint density at radius 1 is 1.42 bits per heavy atom. The lowest BCUT2D eigenvalue weighted by atomic mass is 10.1. The van der Waals surface area contributed by atoms with Gasteiger partial charge >= 0.3 is 0 Å². The number of nitrogens with one attached hydrogen (secondary N) is 1. The van der Waals surface area contributed by atoms with Crippen LogP contribution in [0.5, 0.6) is 5.75 Å². The van der Waals surface area contributed by atoms with Crippen LogP contribution in [0.2, 0.25) is 0 Å². The van der Waals surface area contributed by atoms with Gasteiger partial charge in [-0.1, -0.05) is 11.8 Å². The molecule has 0 unspecified atom stereocenters. The Morgan fingerprint density at radius 3 is 2.84 bits per heavy atom. The zero-order valence-corrected chi connectivity index (χ0v) is 11.0. The summed E-state index contributed by atoms with van der Waals surface area (Å²) in [5.41, 5.74) is 1.05. The largest absolute Gasteiger partial charge is 0.495 e. The van der Waals surface area contributed by atoms with Gasteiger partial charge in [-0.05, 0) is 18.2 Å². The van der Waals surface area contributed by atoms with Crippen molar-refractivity contribution in [1.29, 1.82) is 0 Å². The van der Waals surface area contributed by atoms with Crippen molar-refractivity contribution in [2.45, 2.75) is 0 Å². The summed E-state index contributed by atoms with van der Waals surface area (Å²) in [5.74, 6) is 5.64. The van der Waals surface area contributed by atoms with Crippen molar-refractivity contribution in [2.24, 2.45) is 0 Å². The lowest BCUT2D eigenvalue weighted by Gasteiger charge is -2.07. The van der Waals surface area contributed by atoms with Crippen molar-refractivity contribution in [1.82, 2.24) is 5.32 Å². The highest BCUT2D eigenvalue weighted by Gasteiger charge is 2.08. The molecular weight excluding hydrogens is 246 g/mol. The quantitative estimate of drug-likeness (QED) is 0.596. The molecule has 0 radical (unpaired) electrons. The summed E-state index contributed by atoms with van der Waals surface area (Å²) in [6.45, 7) is 0.658.